The average molecular weight is 342 g/mol. The lowest BCUT2D eigenvalue weighted by atomic mass is 9.97. The molecule has 0 saturated carbocycles. The minimum atomic E-state index is -0.258. The number of alkyl halides is 1. The van der Waals surface area contributed by atoms with Gasteiger partial charge >= 0.3 is 0 Å². The maximum Gasteiger partial charge on any atom is 0.126 e. The maximum absolute atomic E-state index is 13.3. The van der Waals surface area contributed by atoms with Crippen molar-refractivity contribution in [2.24, 2.45) is 0 Å². The van der Waals surface area contributed by atoms with E-state index in [9.17, 15) is 4.39 Å². The first kappa shape index (κ1) is 14.5. The van der Waals surface area contributed by atoms with Crippen LogP contribution in [-0.2, 0) is 0 Å². The molecule has 3 heteroatoms. The van der Waals surface area contributed by atoms with E-state index in [1.54, 1.807) is 13.0 Å². The zero-order chi connectivity index (χ0) is 14.2. The third-order valence-corrected chi connectivity index (χ3v) is 4.64. The van der Waals surface area contributed by atoms with Crippen LogP contribution in [0.3, 0.4) is 0 Å². The van der Waals surface area contributed by atoms with Crippen LogP contribution in [0.1, 0.15) is 33.2 Å². The van der Waals surface area contributed by atoms with Crippen molar-refractivity contribution in [1.29, 1.82) is 0 Å². The molecular formula is C16H15BrClF. The summed E-state index contributed by atoms with van der Waals surface area (Å²) < 4.78 is 14.4. The topological polar surface area (TPSA) is 0 Å². The molecule has 0 spiro atoms. The number of hydrogen-bond acceptors (Lipinski definition) is 0. The normalized spacial score (nSPS) is 12.5. The van der Waals surface area contributed by atoms with E-state index in [1.807, 2.05) is 19.9 Å². The molecule has 0 nitrogen and oxygen atoms in total. The Hall–Kier alpha value is -0.860. The molecule has 19 heavy (non-hydrogen) atoms. The Labute approximate surface area is 126 Å². The van der Waals surface area contributed by atoms with Crippen molar-refractivity contribution in [3.05, 3.63) is 68.4 Å². The maximum atomic E-state index is 13.3. The first-order valence-electron chi connectivity index (χ1n) is 6.07. The molecule has 0 aliphatic rings. The fourth-order valence-electron chi connectivity index (χ4n) is 2.08. The van der Waals surface area contributed by atoms with Crippen molar-refractivity contribution in [3.63, 3.8) is 0 Å². The van der Waals surface area contributed by atoms with Crippen molar-refractivity contribution in [2.75, 3.05) is 0 Å². The van der Waals surface area contributed by atoms with E-state index in [-0.39, 0.29) is 11.2 Å². The van der Waals surface area contributed by atoms with E-state index in [0.29, 0.717) is 5.56 Å². The molecule has 1 unspecified atom stereocenters. The Bertz CT molecular complexity index is 622. The molecule has 2 rings (SSSR count). The molecule has 0 fully saturated rings. The largest absolute Gasteiger partial charge is 0.207 e. The monoisotopic (exact) mass is 340 g/mol. The van der Waals surface area contributed by atoms with E-state index >= 15 is 0 Å². The minimum absolute atomic E-state index is 0.198. The molecular weight excluding hydrogens is 327 g/mol. The summed E-state index contributed by atoms with van der Waals surface area (Å²) in [5, 5.41) is -0.258. The molecule has 0 N–H and O–H groups in total. The molecule has 2 aromatic carbocycles. The summed E-state index contributed by atoms with van der Waals surface area (Å²) in [5.41, 5.74) is 4.87. The zero-order valence-corrected chi connectivity index (χ0v) is 13.4. The van der Waals surface area contributed by atoms with Crippen LogP contribution >= 0.6 is 27.5 Å². The molecule has 0 heterocycles. The molecule has 0 aliphatic carbocycles. The van der Waals surface area contributed by atoms with E-state index in [1.165, 1.54) is 6.07 Å². The second kappa shape index (κ2) is 5.64. The standard InChI is InChI=1S/C16H15BrClF/c1-9-8-14(17)10(2)7-13(9)16(18)12-4-5-15(19)11(3)6-12/h4-8,16H,1-3H3. The first-order chi connectivity index (χ1) is 8.90. The minimum Gasteiger partial charge on any atom is -0.207 e. The van der Waals surface area contributed by atoms with Gasteiger partial charge in [-0.25, -0.2) is 4.39 Å². The number of benzene rings is 2. The number of halogens is 3. The SMILES string of the molecule is Cc1cc(C(Cl)c2cc(C)c(Br)cc2C)ccc1F. The van der Waals surface area contributed by atoms with Crippen LogP contribution in [0.25, 0.3) is 0 Å². The predicted molar refractivity (Wildman–Crippen MR) is 82.4 cm³/mol. The fraction of sp³-hybridized carbons (Fsp3) is 0.250. The molecule has 2 aromatic rings. The summed E-state index contributed by atoms with van der Waals surface area (Å²) in [7, 11) is 0. The van der Waals surface area contributed by atoms with Crippen LogP contribution < -0.4 is 0 Å². The van der Waals surface area contributed by atoms with Crippen LogP contribution in [0.5, 0.6) is 0 Å². The van der Waals surface area contributed by atoms with E-state index in [2.05, 4.69) is 28.1 Å². The van der Waals surface area contributed by atoms with Crippen LogP contribution in [0.15, 0.2) is 34.8 Å². The summed E-state index contributed by atoms with van der Waals surface area (Å²) >= 11 is 10.1. The van der Waals surface area contributed by atoms with Gasteiger partial charge in [-0.2, -0.15) is 0 Å². The van der Waals surface area contributed by atoms with E-state index < -0.39 is 0 Å². The quantitative estimate of drug-likeness (QED) is 0.602. The number of hydrogen-bond donors (Lipinski definition) is 0. The lowest BCUT2D eigenvalue weighted by Crippen LogP contribution is -1.99. The Balaban J connectivity index is 2.46. The van der Waals surface area contributed by atoms with E-state index in [4.69, 9.17) is 11.6 Å². The second-order valence-electron chi connectivity index (χ2n) is 4.83. The molecule has 0 radical (unpaired) electrons. The van der Waals surface area contributed by atoms with Gasteiger partial charge in [-0.1, -0.05) is 34.1 Å². The predicted octanol–water partition coefficient (Wildman–Crippen LogP) is 5.84. The summed E-state index contributed by atoms with van der Waals surface area (Å²) in [5.74, 6) is -0.198. The highest BCUT2D eigenvalue weighted by molar-refractivity contribution is 9.10. The summed E-state index contributed by atoms with van der Waals surface area (Å²) in [6.07, 6.45) is 0. The van der Waals surface area contributed by atoms with Crippen molar-refractivity contribution >= 4 is 27.5 Å². The van der Waals surface area contributed by atoms with Gasteiger partial charge in [-0.15, -0.1) is 11.6 Å². The highest BCUT2D eigenvalue weighted by Gasteiger charge is 2.15. The third-order valence-electron chi connectivity index (χ3n) is 3.30. The van der Waals surface area contributed by atoms with Crippen molar-refractivity contribution in [1.82, 2.24) is 0 Å². The molecule has 0 aromatic heterocycles. The van der Waals surface area contributed by atoms with Gasteiger partial charge in [0, 0.05) is 4.47 Å². The smallest absolute Gasteiger partial charge is 0.126 e. The second-order valence-corrected chi connectivity index (χ2v) is 6.12. The first-order valence-corrected chi connectivity index (χ1v) is 7.30. The lowest BCUT2D eigenvalue weighted by molar-refractivity contribution is 0.617. The van der Waals surface area contributed by atoms with Gasteiger partial charge in [-0.05, 0) is 60.7 Å². The zero-order valence-electron chi connectivity index (χ0n) is 11.1. The number of aryl methyl sites for hydroxylation is 3. The van der Waals surface area contributed by atoms with Crippen molar-refractivity contribution < 1.29 is 4.39 Å². The van der Waals surface area contributed by atoms with Crippen molar-refractivity contribution in [2.45, 2.75) is 26.1 Å². The fourth-order valence-corrected chi connectivity index (χ4v) is 2.91. The van der Waals surface area contributed by atoms with Crippen molar-refractivity contribution in [3.8, 4) is 0 Å². The Morgan fingerprint density at radius 1 is 1.00 bits per heavy atom. The van der Waals surface area contributed by atoms with Gasteiger partial charge < -0.3 is 0 Å². The molecule has 0 saturated heterocycles. The Morgan fingerprint density at radius 3 is 2.32 bits per heavy atom. The van der Waals surface area contributed by atoms with Gasteiger partial charge in [0.25, 0.3) is 0 Å². The van der Waals surface area contributed by atoms with Crippen LogP contribution in [0.2, 0.25) is 0 Å². The Kier molecular flexibility index (Phi) is 4.32. The summed E-state index contributed by atoms with van der Waals surface area (Å²) in [6, 6.07) is 9.17. The lowest BCUT2D eigenvalue weighted by Gasteiger charge is -2.16. The van der Waals surface area contributed by atoms with Crippen LogP contribution in [-0.4, -0.2) is 0 Å². The number of rotatable bonds is 2. The van der Waals surface area contributed by atoms with Gasteiger partial charge in [0.2, 0.25) is 0 Å². The van der Waals surface area contributed by atoms with Gasteiger partial charge in [0.15, 0.2) is 0 Å². The van der Waals surface area contributed by atoms with Gasteiger partial charge in [-0.3, -0.25) is 0 Å². The molecule has 1 atom stereocenters. The van der Waals surface area contributed by atoms with Gasteiger partial charge in [0.1, 0.15) is 5.82 Å². The van der Waals surface area contributed by atoms with E-state index in [0.717, 1.165) is 26.7 Å². The average Bonchev–Trinajstić information content (AvgIpc) is 2.36. The summed E-state index contributed by atoms with van der Waals surface area (Å²) in [6.45, 7) is 5.82. The Morgan fingerprint density at radius 2 is 1.68 bits per heavy atom. The third kappa shape index (κ3) is 3.01. The summed E-state index contributed by atoms with van der Waals surface area (Å²) in [4.78, 5) is 0. The van der Waals surface area contributed by atoms with Gasteiger partial charge in [0.05, 0.1) is 5.38 Å². The molecule has 0 aliphatic heterocycles. The molecule has 0 bridgehead atoms. The van der Waals surface area contributed by atoms with Crippen LogP contribution in [0, 0.1) is 26.6 Å². The highest BCUT2D eigenvalue weighted by atomic mass is 79.9. The highest BCUT2D eigenvalue weighted by Crippen LogP contribution is 2.34. The molecule has 100 valence electrons. The van der Waals surface area contributed by atoms with Crippen LogP contribution in [0.4, 0.5) is 4.39 Å². The molecule has 0 amide bonds.